The Hall–Kier alpha value is -1.83. The van der Waals surface area contributed by atoms with Crippen LogP contribution in [0, 0.1) is 5.41 Å². The van der Waals surface area contributed by atoms with E-state index in [4.69, 9.17) is 0 Å². The molecule has 1 aromatic rings. The standard InChI is InChI=1S/C16H17NO/c1-16-10-6-5-9-14(16)12-7-3-4-8-13(12)15(18)17(2)11-16/h3-10,14H,11H2,1-2H3. The predicted octanol–water partition coefficient (Wildman–Crippen LogP) is 2.99. The summed E-state index contributed by atoms with van der Waals surface area (Å²) in [6.45, 7) is 2.98. The molecule has 0 N–H and O–H groups in total. The topological polar surface area (TPSA) is 20.3 Å². The smallest absolute Gasteiger partial charge is 0.253 e. The van der Waals surface area contributed by atoms with Crippen molar-refractivity contribution >= 4 is 5.91 Å². The molecule has 2 atom stereocenters. The molecule has 18 heavy (non-hydrogen) atoms. The molecule has 2 unspecified atom stereocenters. The summed E-state index contributed by atoms with van der Waals surface area (Å²) in [6.07, 6.45) is 8.61. The molecule has 0 spiro atoms. The van der Waals surface area contributed by atoms with Crippen molar-refractivity contribution in [2.24, 2.45) is 5.41 Å². The molecule has 2 nitrogen and oxygen atoms in total. The van der Waals surface area contributed by atoms with Gasteiger partial charge in [0.25, 0.3) is 5.91 Å². The Balaban J connectivity index is 2.23. The summed E-state index contributed by atoms with van der Waals surface area (Å²) in [7, 11) is 1.89. The fourth-order valence-electron chi connectivity index (χ4n) is 3.14. The fraction of sp³-hybridized carbons (Fsp3) is 0.312. The minimum Gasteiger partial charge on any atom is -0.341 e. The van der Waals surface area contributed by atoms with Gasteiger partial charge in [0.15, 0.2) is 0 Å². The van der Waals surface area contributed by atoms with Gasteiger partial charge in [0.1, 0.15) is 0 Å². The SMILES string of the molecule is CN1CC2(C)C=CC=CC2c2ccccc2C1=O. The van der Waals surface area contributed by atoms with Gasteiger partial charge in [-0.3, -0.25) is 4.79 Å². The molecule has 0 aromatic heterocycles. The van der Waals surface area contributed by atoms with Gasteiger partial charge in [-0.15, -0.1) is 0 Å². The van der Waals surface area contributed by atoms with Crippen LogP contribution in [0.5, 0.6) is 0 Å². The third kappa shape index (κ3) is 1.52. The third-order valence-electron chi connectivity index (χ3n) is 4.05. The quantitative estimate of drug-likeness (QED) is 0.681. The lowest BCUT2D eigenvalue weighted by Crippen LogP contribution is -2.36. The fourth-order valence-corrected chi connectivity index (χ4v) is 3.14. The second kappa shape index (κ2) is 3.84. The van der Waals surface area contributed by atoms with Gasteiger partial charge in [-0.1, -0.05) is 49.4 Å². The number of amides is 1. The molecule has 0 saturated heterocycles. The predicted molar refractivity (Wildman–Crippen MR) is 72.5 cm³/mol. The molecule has 0 fully saturated rings. The minimum atomic E-state index is -0.00817. The molecule has 1 amide bonds. The molecule has 0 bridgehead atoms. The monoisotopic (exact) mass is 239 g/mol. The van der Waals surface area contributed by atoms with E-state index in [2.05, 4.69) is 37.3 Å². The highest BCUT2D eigenvalue weighted by Gasteiger charge is 2.39. The van der Waals surface area contributed by atoms with Crippen LogP contribution >= 0.6 is 0 Å². The summed E-state index contributed by atoms with van der Waals surface area (Å²) in [5.41, 5.74) is 1.98. The van der Waals surface area contributed by atoms with E-state index in [1.54, 1.807) is 0 Å². The summed E-state index contributed by atoms with van der Waals surface area (Å²) < 4.78 is 0. The Morgan fingerprint density at radius 3 is 2.89 bits per heavy atom. The Bertz CT molecular complexity index is 558. The molecule has 0 saturated carbocycles. The Kier molecular flexibility index (Phi) is 2.40. The lowest BCUT2D eigenvalue weighted by molar-refractivity contribution is 0.0762. The van der Waals surface area contributed by atoms with Crippen molar-refractivity contribution in [2.45, 2.75) is 12.8 Å². The van der Waals surface area contributed by atoms with Crippen molar-refractivity contribution in [1.82, 2.24) is 4.90 Å². The molecule has 1 heterocycles. The Morgan fingerprint density at radius 1 is 1.28 bits per heavy atom. The summed E-state index contributed by atoms with van der Waals surface area (Å²) >= 11 is 0. The van der Waals surface area contributed by atoms with Crippen molar-refractivity contribution in [3.05, 3.63) is 59.7 Å². The van der Waals surface area contributed by atoms with E-state index in [1.807, 2.05) is 30.1 Å². The van der Waals surface area contributed by atoms with E-state index in [-0.39, 0.29) is 17.2 Å². The Morgan fingerprint density at radius 2 is 2.06 bits per heavy atom. The zero-order valence-corrected chi connectivity index (χ0v) is 10.8. The van der Waals surface area contributed by atoms with E-state index in [0.29, 0.717) is 0 Å². The van der Waals surface area contributed by atoms with Crippen molar-refractivity contribution < 1.29 is 4.79 Å². The van der Waals surface area contributed by atoms with Crippen LogP contribution in [0.1, 0.15) is 28.8 Å². The van der Waals surface area contributed by atoms with Gasteiger partial charge < -0.3 is 4.90 Å². The molecule has 1 aliphatic carbocycles. The van der Waals surface area contributed by atoms with Crippen LogP contribution in [0.3, 0.4) is 0 Å². The highest BCUT2D eigenvalue weighted by molar-refractivity contribution is 5.96. The third-order valence-corrected chi connectivity index (χ3v) is 4.05. The van der Waals surface area contributed by atoms with E-state index in [0.717, 1.165) is 17.7 Å². The van der Waals surface area contributed by atoms with Crippen molar-refractivity contribution in [1.29, 1.82) is 0 Å². The number of carbonyl (C=O) groups is 1. The van der Waals surface area contributed by atoms with E-state index in [9.17, 15) is 4.79 Å². The first-order valence-corrected chi connectivity index (χ1v) is 6.32. The first kappa shape index (κ1) is 11.3. The van der Waals surface area contributed by atoms with Crippen LogP contribution in [0.15, 0.2) is 48.6 Å². The maximum atomic E-state index is 12.4. The second-order valence-corrected chi connectivity index (χ2v) is 5.48. The molecule has 0 radical (unpaired) electrons. The van der Waals surface area contributed by atoms with Gasteiger partial charge in [0.2, 0.25) is 0 Å². The van der Waals surface area contributed by atoms with Gasteiger partial charge in [0, 0.05) is 30.5 Å². The zero-order valence-electron chi connectivity index (χ0n) is 10.8. The molecular formula is C16H17NO. The van der Waals surface area contributed by atoms with E-state index >= 15 is 0 Å². The number of allylic oxidation sites excluding steroid dienone is 3. The van der Waals surface area contributed by atoms with Crippen LogP contribution in [-0.2, 0) is 0 Å². The lowest BCUT2D eigenvalue weighted by Gasteiger charge is -2.35. The van der Waals surface area contributed by atoms with Gasteiger partial charge in [-0.25, -0.2) is 0 Å². The largest absolute Gasteiger partial charge is 0.341 e. The summed E-state index contributed by atoms with van der Waals surface area (Å²) in [5, 5.41) is 0. The number of hydrogen-bond acceptors (Lipinski definition) is 1. The number of fused-ring (bicyclic) bond motifs is 3. The van der Waals surface area contributed by atoms with Gasteiger partial charge in [-0.05, 0) is 11.6 Å². The normalized spacial score (nSPS) is 29.8. The second-order valence-electron chi connectivity index (χ2n) is 5.48. The van der Waals surface area contributed by atoms with Crippen LogP contribution in [-0.4, -0.2) is 24.4 Å². The Labute approximate surface area is 108 Å². The maximum absolute atomic E-state index is 12.4. The average Bonchev–Trinajstić information content (AvgIpc) is 2.45. The molecule has 1 aromatic carbocycles. The maximum Gasteiger partial charge on any atom is 0.253 e. The van der Waals surface area contributed by atoms with Crippen LogP contribution in [0.2, 0.25) is 0 Å². The van der Waals surface area contributed by atoms with Gasteiger partial charge >= 0.3 is 0 Å². The van der Waals surface area contributed by atoms with Gasteiger partial charge in [0.05, 0.1) is 0 Å². The lowest BCUT2D eigenvalue weighted by atomic mass is 9.71. The first-order chi connectivity index (χ1) is 8.62. The van der Waals surface area contributed by atoms with Crippen LogP contribution in [0.4, 0.5) is 0 Å². The average molecular weight is 239 g/mol. The number of nitrogens with zero attached hydrogens (tertiary/aromatic N) is 1. The minimum absolute atomic E-state index is 0.00817. The van der Waals surface area contributed by atoms with Crippen molar-refractivity contribution in [3.8, 4) is 0 Å². The number of rotatable bonds is 0. The molecule has 2 heteroatoms. The van der Waals surface area contributed by atoms with E-state index < -0.39 is 0 Å². The molecule has 2 aliphatic rings. The molecule has 1 aliphatic heterocycles. The summed E-state index contributed by atoms with van der Waals surface area (Å²) in [5.74, 6) is 0.413. The summed E-state index contributed by atoms with van der Waals surface area (Å²) in [6, 6.07) is 7.98. The molecular weight excluding hydrogens is 222 g/mol. The number of carbonyl (C=O) groups excluding carboxylic acids is 1. The zero-order chi connectivity index (χ0) is 12.8. The van der Waals surface area contributed by atoms with Crippen LogP contribution < -0.4 is 0 Å². The first-order valence-electron chi connectivity index (χ1n) is 6.32. The van der Waals surface area contributed by atoms with Crippen molar-refractivity contribution in [2.75, 3.05) is 13.6 Å². The molecule has 92 valence electrons. The number of hydrogen-bond donors (Lipinski definition) is 0. The highest BCUT2D eigenvalue weighted by Crippen LogP contribution is 2.44. The van der Waals surface area contributed by atoms with Crippen molar-refractivity contribution in [3.63, 3.8) is 0 Å². The van der Waals surface area contributed by atoms with Crippen LogP contribution in [0.25, 0.3) is 0 Å². The van der Waals surface area contributed by atoms with E-state index in [1.165, 1.54) is 0 Å². The number of benzene rings is 1. The highest BCUT2D eigenvalue weighted by atomic mass is 16.2. The molecule has 3 rings (SSSR count). The summed E-state index contributed by atoms with van der Waals surface area (Å²) in [4.78, 5) is 14.2. The van der Waals surface area contributed by atoms with Gasteiger partial charge in [-0.2, -0.15) is 0 Å².